The molecular formula is C18H28N2O3S2. The molecular weight excluding hydrogens is 356 g/mol. The molecule has 1 saturated carbocycles. The summed E-state index contributed by atoms with van der Waals surface area (Å²) in [6, 6.07) is 7.22. The van der Waals surface area contributed by atoms with Crippen LogP contribution in [0.2, 0.25) is 0 Å². The summed E-state index contributed by atoms with van der Waals surface area (Å²) in [7, 11) is -0.379. The molecule has 2 unspecified atom stereocenters. The van der Waals surface area contributed by atoms with Gasteiger partial charge in [0.2, 0.25) is 15.9 Å². The first-order chi connectivity index (χ1) is 11.8. The number of hydrogen-bond donors (Lipinski definition) is 1. The monoisotopic (exact) mass is 384 g/mol. The molecule has 1 aliphatic rings. The van der Waals surface area contributed by atoms with E-state index in [0.29, 0.717) is 23.5 Å². The van der Waals surface area contributed by atoms with Crippen LogP contribution in [0.1, 0.15) is 38.2 Å². The van der Waals surface area contributed by atoms with Crippen LogP contribution in [0.3, 0.4) is 0 Å². The molecule has 7 heteroatoms. The Morgan fingerprint density at radius 1 is 1.28 bits per heavy atom. The van der Waals surface area contributed by atoms with Crippen molar-refractivity contribution in [2.75, 3.05) is 19.8 Å². The summed E-state index contributed by atoms with van der Waals surface area (Å²) in [5.41, 5.74) is 0.909. The van der Waals surface area contributed by atoms with Gasteiger partial charge in [0.1, 0.15) is 0 Å². The van der Waals surface area contributed by atoms with Gasteiger partial charge in [-0.15, -0.1) is 11.8 Å². The molecule has 1 aliphatic carbocycles. The number of benzene rings is 1. The average Bonchev–Trinajstić information content (AvgIpc) is 2.57. The molecule has 1 amide bonds. The topological polar surface area (TPSA) is 66.5 Å². The van der Waals surface area contributed by atoms with E-state index < -0.39 is 10.0 Å². The number of thioether (sulfide) groups is 1. The predicted octanol–water partition coefficient (Wildman–Crippen LogP) is 2.87. The number of carbonyl (C=O) groups excluding carboxylic acids is 1. The molecule has 1 N–H and O–H groups in total. The average molecular weight is 385 g/mol. The Kier molecular flexibility index (Phi) is 7.34. The van der Waals surface area contributed by atoms with Gasteiger partial charge in [-0.05, 0) is 36.5 Å². The Bertz CT molecular complexity index is 689. The van der Waals surface area contributed by atoms with Crippen LogP contribution in [-0.4, -0.2) is 44.5 Å². The summed E-state index contributed by atoms with van der Waals surface area (Å²) in [5.74, 6) is 1.63. The van der Waals surface area contributed by atoms with Crippen LogP contribution in [0.25, 0.3) is 0 Å². The number of nitrogens with one attached hydrogen (secondary N) is 1. The molecule has 0 saturated heterocycles. The molecule has 0 aliphatic heterocycles. The lowest BCUT2D eigenvalue weighted by Crippen LogP contribution is -2.41. The molecule has 0 heterocycles. The zero-order valence-electron chi connectivity index (χ0n) is 15.2. The van der Waals surface area contributed by atoms with Gasteiger partial charge in [0, 0.05) is 25.9 Å². The minimum absolute atomic E-state index is 0.0702. The number of rotatable bonds is 7. The number of carbonyl (C=O) groups is 1. The van der Waals surface area contributed by atoms with Gasteiger partial charge in [0.05, 0.1) is 10.6 Å². The van der Waals surface area contributed by atoms with Crippen molar-refractivity contribution in [1.82, 2.24) is 9.62 Å². The summed E-state index contributed by atoms with van der Waals surface area (Å²) >= 11 is 1.51. The molecule has 0 aromatic heterocycles. The maximum Gasteiger partial charge on any atom is 0.242 e. The fraction of sp³-hybridized carbons (Fsp3) is 0.611. The molecule has 2 atom stereocenters. The number of sulfonamides is 1. The first kappa shape index (κ1) is 20.3. The van der Waals surface area contributed by atoms with Crippen molar-refractivity contribution in [2.45, 2.75) is 49.3 Å². The molecule has 5 nitrogen and oxygen atoms in total. The van der Waals surface area contributed by atoms with E-state index in [1.54, 1.807) is 18.2 Å². The van der Waals surface area contributed by atoms with Gasteiger partial charge < -0.3 is 5.32 Å². The summed E-state index contributed by atoms with van der Waals surface area (Å²) in [5, 5.41) is 3.14. The van der Waals surface area contributed by atoms with Gasteiger partial charge >= 0.3 is 0 Å². The minimum atomic E-state index is -3.42. The summed E-state index contributed by atoms with van der Waals surface area (Å²) < 4.78 is 25.6. The highest BCUT2D eigenvalue weighted by atomic mass is 32.2. The van der Waals surface area contributed by atoms with Crippen molar-refractivity contribution < 1.29 is 13.2 Å². The van der Waals surface area contributed by atoms with E-state index in [2.05, 4.69) is 12.2 Å². The van der Waals surface area contributed by atoms with Crippen LogP contribution < -0.4 is 5.32 Å². The molecule has 1 fully saturated rings. The first-order valence-corrected chi connectivity index (χ1v) is 11.3. The lowest BCUT2D eigenvalue weighted by Gasteiger charge is -2.29. The Hall–Kier alpha value is -1.05. The zero-order valence-corrected chi connectivity index (χ0v) is 16.8. The third-order valence-electron chi connectivity index (χ3n) is 4.64. The molecule has 1 aromatic rings. The molecule has 0 bridgehead atoms. The fourth-order valence-corrected chi connectivity index (χ4v) is 4.81. The van der Waals surface area contributed by atoms with E-state index in [1.165, 1.54) is 49.4 Å². The van der Waals surface area contributed by atoms with Gasteiger partial charge in [0.25, 0.3) is 0 Å². The third-order valence-corrected chi connectivity index (χ3v) is 7.45. The minimum Gasteiger partial charge on any atom is -0.352 e. The standard InChI is InChI=1S/C18H28N2O3S2/c1-14-7-4-5-10-17(14)19-18(21)13-24-12-15-8-6-9-16(11-15)25(22,23)20(2)3/h6,8-9,11,14,17H,4-5,7,10,12-13H2,1-3H3,(H,19,21). The molecule has 140 valence electrons. The SMILES string of the molecule is CC1CCCCC1NC(=O)CSCc1cccc(S(=O)(=O)N(C)C)c1. The third kappa shape index (κ3) is 5.72. The second-order valence-electron chi connectivity index (χ2n) is 6.86. The normalized spacial score (nSPS) is 21.3. The number of hydrogen-bond acceptors (Lipinski definition) is 4. The number of nitrogens with zero attached hydrogens (tertiary/aromatic N) is 1. The summed E-state index contributed by atoms with van der Waals surface area (Å²) in [6.07, 6.45) is 4.71. The maximum absolute atomic E-state index is 12.2. The van der Waals surface area contributed by atoms with Crippen molar-refractivity contribution in [1.29, 1.82) is 0 Å². The Morgan fingerprint density at radius 3 is 2.68 bits per heavy atom. The number of amides is 1. The quantitative estimate of drug-likeness (QED) is 0.785. The smallest absolute Gasteiger partial charge is 0.242 e. The van der Waals surface area contributed by atoms with E-state index in [0.717, 1.165) is 12.0 Å². The van der Waals surface area contributed by atoms with Crippen LogP contribution in [0, 0.1) is 5.92 Å². The van der Waals surface area contributed by atoms with Crippen molar-refractivity contribution in [2.24, 2.45) is 5.92 Å². The summed E-state index contributed by atoms with van der Waals surface area (Å²) in [6.45, 7) is 2.20. The Morgan fingerprint density at radius 2 is 2.00 bits per heavy atom. The lowest BCUT2D eigenvalue weighted by atomic mass is 9.86. The summed E-state index contributed by atoms with van der Waals surface area (Å²) in [4.78, 5) is 12.4. The van der Waals surface area contributed by atoms with Crippen molar-refractivity contribution in [3.8, 4) is 0 Å². The predicted molar refractivity (Wildman–Crippen MR) is 103 cm³/mol. The van der Waals surface area contributed by atoms with E-state index in [9.17, 15) is 13.2 Å². The van der Waals surface area contributed by atoms with Crippen LogP contribution in [-0.2, 0) is 20.6 Å². The Labute approximate surface area is 155 Å². The van der Waals surface area contributed by atoms with Crippen molar-refractivity contribution in [3.63, 3.8) is 0 Å². The second kappa shape index (κ2) is 9.05. The van der Waals surface area contributed by atoms with Crippen molar-refractivity contribution in [3.05, 3.63) is 29.8 Å². The van der Waals surface area contributed by atoms with Gasteiger partial charge in [0.15, 0.2) is 0 Å². The zero-order chi connectivity index (χ0) is 18.4. The maximum atomic E-state index is 12.2. The van der Waals surface area contributed by atoms with Crippen LogP contribution >= 0.6 is 11.8 Å². The van der Waals surface area contributed by atoms with E-state index in [-0.39, 0.29) is 10.8 Å². The fourth-order valence-electron chi connectivity index (χ4n) is 3.05. The second-order valence-corrected chi connectivity index (χ2v) is 10.0. The largest absolute Gasteiger partial charge is 0.352 e. The van der Waals surface area contributed by atoms with Crippen LogP contribution in [0.4, 0.5) is 0 Å². The van der Waals surface area contributed by atoms with Gasteiger partial charge in [-0.1, -0.05) is 31.9 Å². The highest BCUT2D eigenvalue weighted by Gasteiger charge is 2.22. The van der Waals surface area contributed by atoms with Gasteiger partial charge in [-0.2, -0.15) is 0 Å². The molecule has 1 aromatic carbocycles. The molecule has 25 heavy (non-hydrogen) atoms. The molecule has 0 radical (unpaired) electrons. The van der Waals surface area contributed by atoms with Gasteiger partial charge in [-0.3, -0.25) is 4.79 Å². The lowest BCUT2D eigenvalue weighted by molar-refractivity contribution is -0.119. The first-order valence-electron chi connectivity index (χ1n) is 8.69. The van der Waals surface area contributed by atoms with Crippen LogP contribution in [0.15, 0.2) is 29.2 Å². The van der Waals surface area contributed by atoms with E-state index >= 15 is 0 Å². The van der Waals surface area contributed by atoms with Gasteiger partial charge in [-0.25, -0.2) is 12.7 Å². The van der Waals surface area contributed by atoms with E-state index in [4.69, 9.17) is 0 Å². The van der Waals surface area contributed by atoms with E-state index in [1.807, 2.05) is 6.07 Å². The van der Waals surface area contributed by atoms with Crippen molar-refractivity contribution >= 4 is 27.7 Å². The highest BCUT2D eigenvalue weighted by Crippen LogP contribution is 2.24. The molecule has 2 rings (SSSR count). The Balaban J connectivity index is 1.84. The van der Waals surface area contributed by atoms with Crippen LogP contribution in [0.5, 0.6) is 0 Å². The highest BCUT2D eigenvalue weighted by molar-refractivity contribution is 7.99. The molecule has 0 spiro atoms.